The summed E-state index contributed by atoms with van der Waals surface area (Å²) < 4.78 is 5.18. The van der Waals surface area contributed by atoms with Crippen LogP contribution in [0.1, 0.15) is 27.3 Å². The van der Waals surface area contributed by atoms with Gasteiger partial charge in [-0.2, -0.15) is 0 Å². The number of benzene rings is 2. The number of aromatic nitrogens is 2. The zero-order valence-corrected chi connectivity index (χ0v) is 16.7. The van der Waals surface area contributed by atoms with Gasteiger partial charge in [-0.25, -0.2) is 9.97 Å². The molecule has 1 amide bonds. The van der Waals surface area contributed by atoms with Crippen LogP contribution in [0.25, 0.3) is 0 Å². The Balaban J connectivity index is 1.44. The molecule has 0 atom stereocenters. The van der Waals surface area contributed by atoms with Crippen molar-refractivity contribution in [3.63, 3.8) is 0 Å². The van der Waals surface area contributed by atoms with Crippen LogP contribution in [0.15, 0.2) is 54.6 Å². The quantitative estimate of drug-likeness (QED) is 0.698. The van der Waals surface area contributed by atoms with Crippen molar-refractivity contribution in [2.45, 2.75) is 19.8 Å². The molecular weight excluding hydrogens is 364 g/mol. The SMILES string of the molecule is COc1ccc(CCNc2nc(C)cc(C(=O)N3CCc4ccccc43)n2)cc1. The summed E-state index contributed by atoms with van der Waals surface area (Å²) in [5.41, 5.74) is 4.55. The van der Waals surface area contributed by atoms with Gasteiger partial charge in [0.25, 0.3) is 5.91 Å². The Morgan fingerprint density at radius 3 is 2.72 bits per heavy atom. The lowest BCUT2D eigenvalue weighted by molar-refractivity contribution is 0.0984. The molecule has 4 rings (SSSR count). The third-order valence-electron chi connectivity index (χ3n) is 5.06. The molecule has 0 bridgehead atoms. The Morgan fingerprint density at radius 2 is 1.93 bits per heavy atom. The maximum Gasteiger partial charge on any atom is 0.277 e. The zero-order chi connectivity index (χ0) is 20.2. The Morgan fingerprint density at radius 1 is 1.14 bits per heavy atom. The summed E-state index contributed by atoms with van der Waals surface area (Å²) in [5.74, 6) is 1.24. The molecule has 6 heteroatoms. The molecule has 3 aromatic rings. The van der Waals surface area contributed by atoms with Crippen molar-refractivity contribution in [2.24, 2.45) is 0 Å². The van der Waals surface area contributed by atoms with E-state index in [-0.39, 0.29) is 5.91 Å². The van der Waals surface area contributed by atoms with Crippen molar-refractivity contribution in [3.05, 3.63) is 77.1 Å². The second-order valence-corrected chi connectivity index (χ2v) is 7.08. The summed E-state index contributed by atoms with van der Waals surface area (Å²) in [7, 11) is 1.66. The highest BCUT2D eigenvalue weighted by Crippen LogP contribution is 2.28. The minimum absolute atomic E-state index is 0.0846. The molecule has 1 N–H and O–H groups in total. The van der Waals surface area contributed by atoms with Gasteiger partial charge in [0, 0.05) is 24.5 Å². The number of hydrogen-bond donors (Lipinski definition) is 1. The van der Waals surface area contributed by atoms with E-state index >= 15 is 0 Å². The van der Waals surface area contributed by atoms with Gasteiger partial charge in [0.1, 0.15) is 11.4 Å². The number of hydrogen-bond acceptors (Lipinski definition) is 5. The Labute approximate surface area is 170 Å². The number of aryl methyl sites for hydroxylation is 1. The van der Waals surface area contributed by atoms with Gasteiger partial charge in [0.15, 0.2) is 0 Å². The highest BCUT2D eigenvalue weighted by atomic mass is 16.5. The number of carbonyl (C=O) groups is 1. The molecule has 29 heavy (non-hydrogen) atoms. The molecule has 148 valence electrons. The molecule has 0 fully saturated rings. The first-order valence-corrected chi connectivity index (χ1v) is 9.76. The molecule has 2 aromatic carbocycles. The maximum atomic E-state index is 13.1. The van der Waals surface area contributed by atoms with Crippen molar-refractivity contribution in [1.29, 1.82) is 0 Å². The topological polar surface area (TPSA) is 67.3 Å². The van der Waals surface area contributed by atoms with E-state index in [1.54, 1.807) is 18.1 Å². The summed E-state index contributed by atoms with van der Waals surface area (Å²) in [6.45, 7) is 3.24. The molecule has 0 aliphatic carbocycles. The first-order chi connectivity index (χ1) is 14.1. The number of anilines is 2. The van der Waals surface area contributed by atoms with Gasteiger partial charge in [0.05, 0.1) is 7.11 Å². The summed E-state index contributed by atoms with van der Waals surface area (Å²) >= 11 is 0. The van der Waals surface area contributed by atoms with E-state index in [0.29, 0.717) is 24.7 Å². The van der Waals surface area contributed by atoms with Crippen molar-refractivity contribution >= 4 is 17.5 Å². The second kappa shape index (κ2) is 8.31. The van der Waals surface area contributed by atoms with Gasteiger partial charge >= 0.3 is 0 Å². The third-order valence-corrected chi connectivity index (χ3v) is 5.06. The maximum absolute atomic E-state index is 13.1. The highest BCUT2D eigenvalue weighted by molar-refractivity contribution is 6.06. The first-order valence-electron chi connectivity index (χ1n) is 9.76. The number of nitrogens with one attached hydrogen (secondary N) is 1. The summed E-state index contributed by atoms with van der Waals surface area (Å²) in [4.78, 5) is 23.8. The van der Waals surface area contributed by atoms with Gasteiger partial charge in [-0.1, -0.05) is 30.3 Å². The molecule has 0 radical (unpaired) electrons. The van der Waals surface area contributed by atoms with Crippen molar-refractivity contribution in [2.75, 3.05) is 30.4 Å². The molecule has 0 saturated carbocycles. The number of amides is 1. The van der Waals surface area contributed by atoms with Crippen LogP contribution in [0.4, 0.5) is 11.6 Å². The summed E-state index contributed by atoms with van der Waals surface area (Å²) in [6, 6.07) is 17.7. The monoisotopic (exact) mass is 388 g/mol. The fourth-order valence-electron chi connectivity index (χ4n) is 3.56. The van der Waals surface area contributed by atoms with Crippen LogP contribution in [0.3, 0.4) is 0 Å². The lowest BCUT2D eigenvalue weighted by Crippen LogP contribution is -2.30. The van der Waals surface area contributed by atoms with Gasteiger partial charge in [-0.3, -0.25) is 4.79 Å². The standard InChI is InChI=1S/C23H24N4O2/c1-16-15-20(22(28)27-14-12-18-5-3-4-6-21(18)27)26-23(25-16)24-13-11-17-7-9-19(29-2)10-8-17/h3-10,15H,11-14H2,1-2H3,(H,24,25,26). The Kier molecular flexibility index (Phi) is 5.42. The van der Waals surface area contributed by atoms with Gasteiger partial charge in [-0.15, -0.1) is 0 Å². The number of ether oxygens (including phenoxy) is 1. The summed E-state index contributed by atoms with van der Waals surface area (Å²) in [5, 5.41) is 3.24. The number of rotatable bonds is 6. The molecule has 0 saturated heterocycles. The molecule has 6 nitrogen and oxygen atoms in total. The first kappa shape index (κ1) is 18.9. The predicted octanol–water partition coefficient (Wildman–Crippen LogP) is 3.65. The van der Waals surface area contributed by atoms with Crippen LogP contribution in [-0.2, 0) is 12.8 Å². The fourth-order valence-corrected chi connectivity index (χ4v) is 3.56. The molecule has 2 heterocycles. The minimum Gasteiger partial charge on any atom is -0.497 e. The van der Waals surface area contributed by atoms with Crippen LogP contribution in [0.5, 0.6) is 5.75 Å². The lowest BCUT2D eigenvalue weighted by Gasteiger charge is -2.17. The molecule has 1 aliphatic heterocycles. The lowest BCUT2D eigenvalue weighted by atomic mass is 10.1. The number of carbonyl (C=O) groups excluding carboxylic acids is 1. The average molecular weight is 388 g/mol. The molecule has 0 spiro atoms. The average Bonchev–Trinajstić information content (AvgIpc) is 3.17. The molecule has 0 unspecified atom stereocenters. The van der Waals surface area contributed by atoms with Crippen LogP contribution in [0.2, 0.25) is 0 Å². The highest BCUT2D eigenvalue weighted by Gasteiger charge is 2.26. The van der Waals surface area contributed by atoms with Crippen LogP contribution < -0.4 is 15.0 Å². The van der Waals surface area contributed by atoms with Gasteiger partial charge in [-0.05, 0) is 55.2 Å². The van der Waals surface area contributed by atoms with E-state index < -0.39 is 0 Å². The van der Waals surface area contributed by atoms with Gasteiger partial charge < -0.3 is 15.0 Å². The van der Waals surface area contributed by atoms with E-state index in [9.17, 15) is 4.79 Å². The van der Waals surface area contributed by atoms with Crippen LogP contribution >= 0.6 is 0 Å². The Hall–Kier alpha value is -3.41. The van der Waals surface area contributed by atoms with Crippen molar-refractivity contribution in [1.82, 2.24) is 9.97 Å². The van der Waals surface area contributed by atoms with Crippen LogP contribution in [-0.4, -0.2) is 36.1 Å². The Bertz CT molecular complexity index is 1020. The number of methoxy groups -OCH3 is 1. The van der Waals surface area contributed by atoms with E-state index in [0.717, 1.165) is 30.0 Å². The molecule has 1 aromatic heterocycles. The van der Waals surface area contributed by atoms with Crippen molar-refractivity contribution < 1.29 is 9.53 Å². The minimum atomic E-state index is -0.0846. The molecule has 1 aliphatic rings. The third kappa shape index (κ3) is 4.21. The van der Waals surface area contributed by atoms with E-state index in [2.05, 4.69) is 21.4 Å². The van der Waals surface area contributed by atoms with E-state index in [4.69, 9.17) is 4.74 Å². The number of para-hydroxylation sites is 1. The number of nitrogens with zero attached hydrogens (tertiary/aromatic N) is 3. The smallest absolute Gasteiger partial charge is 0.277 e. The predicted molar refractivity (Wildman–Crippen MR) is 114 cm³/mol. The fraction of sp³-hybridized carbons (Fsp3) is 0.261. The van der Waals surface area contributed by atoms with E-state index in [1.807, 2.05) is 49.4 Å². The van der Waals surface area contributed by atoms with E-state index in [1.165, 1.54) is 11.1 Å². The zero-order valence-electron chi connectivity index (χ0n) is 16.7. The summed E-state index contributed by atoms with van der Waals surface area (Å²) in [6.07, 6.45) is 1.70. The van der Waals surface area contributed by atoms with Crippen molar-refractivity contribution in [3.8, 4) is 5.75 Å². The van der Waals surface area contributed by atoms with Gasteiger partial charge in [0.2, 0.25) is 5.95 Å². The van der Waals surface area contributed by atoms with Crippen LogP contribution in [0, 0.1) is 6.92 Å². The second-order valence-electron chi connectivity index (χ2n) is 7.08. The number of fused-ring (bicyclic) bond motifs is 1. The molecular formula is C23H24N4O2. The largest absolute Gasteiger partial charge is 0.497 e. The normalized spacial score (nSPS) is 12.6.